The maximum Gasteiger partial charge on any atom is 0.329 e. The van der Waals surface area contributed by atoms with Crippen LogP contribution in [0.1, 0.15) is 43.0 Å². The van der Waals surface area contributed by atoms with Gasteiger partial charge in [-0.2, -0.15) is 0 Å². The molecule has 0 radical (unpaired) electrons. The number of carboxylic acids is 1. The van der Waals surface area contributed by atoms with Crippen molar-refractivity contribution in [1.29, 1.82) is 0 Å². The fourth-order valence-electron chi connectivity index (χ4n) is 3.01. The van der Waals surface area contributed by atoms with E-state index in [4.69, 9.17) is 0 Å². The lowest BCUT2D eigenvalue weighted by molar-refractivity contribution is -0.148. The number of benzene rings is 1. The molecule has 1 amide bonds. The Balaban J connectivity index is 2.38. The highest BCUT2D eigenvalue weighted by atomic mass is 79.9. The van der Waals surface area contributed by atoms with Crippen LogP contribution in [-0.4, -0.2) is 34.0 Å². The van der Waals surface area contributed by atoms with Gasteiger partial charge in [0.25, 0.3) is 5.91 Å². The molecule has 1 aliphatic rings. The van der Waals surface area contributed by atoms with Crippen molar-refractivity contribution in [2.24, 2.45) is 0 Å². The Morgan fingerprint density at radius 2 is 1.90 bits per heavy atom. The molecule has 1 aromatic carbocycles. The van der Waals surface area contributed by atoms with Crippen molar-refractivity contribution in [1.82, 2.24) is 4.90 Å². The van der Waals surface area contributed by atoms with Gasteiger partial charge in [0.15, 0.2) is 0 Å². The molecule has 21 heavy (non-hydrogen) atoms. The van der Waals surface area contributed by atoms with Gasteiger partial charge in [0, 0.05) is 21.1 Å². The Morgan fingerprint density at radius 3 is 2.43 bits per heavy atom. The zero-order valence-corrected chi connectivity index (χ0v) is 14.9. The highest BCUT2D eigenvalue weighted by molar-refractivity contribution is 9.11. The minimum absolute atomic E-state index is 0.217. The first-order valence-electron chi connectivity index (χ1n) is 6.92. The Kier molecular flexibility index (Phi) is 5.09. The number of carbonyl (C=O) groups excluding carboxylic acids is 1. The van der Waals surface area contributed by atoms with Gasteiger partial charge in [-0.05, 0) is 37.5 Å². The van der Waals surface area contributed by atoms with E-state index < -0.39 is 11.5 Å². The summed E-state index contributed by atoms with van der Waals surface area (Å²) in [5, 5.41) is 9.66. The van der Waals surface area contributed by atoms with Gasteiger partial charge >= 0.3 is 5.97 Å². The molecule has 0 aliphatic carbocycles. The number of amides is 1. The van der Waals surface area contributed by atoms with Crippen molar-refractivity contribution in [3.63, 3.8) is 0 Å². The smallest absolute Gasteiger partial charge is 0.329 e. The van der Waals surface area contributed by atoms with Crippen LogP contribution in [-0.2, 0) is 4.79 Å². The topological polar surface area (TPSA) is 57.6 Å². The maximum atomic E-state index is 12.8. The van der Waals surface area contributed by atoms with Gasteiger partial charge < -0.3 is 10.0 Å². The quantitative estimate of drug-likeness (QED) is 0.801. The third-order valence-corrected chi connectivity index (χ3v) is 4.82. The van der Waals surface area contributed by atoms with Gasteiger partial charge in [0.2, 0.25) is 0 Å². The number of carboxylic acid groups (broad SMARTS) is 1. The number of halogens is 2. The van der Waals surface area contributed by atoms with Crippen LogP contribution < -0.4 is 0 Å². The van der Waals surface area contributed by atoms with Crippen LogP contribution >= 0.6 is 31.9 Å². The molecule has 4 nitrogen and oxygen atoms in total. The molecule has 1 saturated heterocycles. The fourth-order valence-corrected chi connectivity index (χ4v) is 4.30. The molecule has 1 aliphatic heterocycles. The lowest BCUT2D eigenvalue weighted by Crippen LogP contribution is -2.53. The van der Waals surface area contributed by atoms with Crippen molar-refractivity contribution in [3.05, 3.63) is 32.7 Å². The second-order valence-electron chi connectivity index (χ2n) is 5.31. The Labute approximate surface area is 140 Å². The molecule has 1 heterocycles. The van der Waals surface area contributed by atoms with E-state index in [9.17, 15) is 14.7 Å². The SMILES string of the molecule is CCCC1(C(=O)O)CCCN1C(=O)c1cc(Br)cc(Br)c1. The largest absolute Gasteiger partial charge is 0.479 e. The molecule has 1 aromatic rings. The molecule has 2 rings (SSSR count). The van der Waals surface area contributed by atoms with Crippen LogP contribution in [0.4, 0.5) is 0 Å². The van der Waals surface area contributed by atoms with Gasteiger partial charge in [-0.1, -0.05) is 45.2 Å². The van der Waals surface area contributed by atoms with Gasteiger partial charge in [0.1, 0.15) is 5.54 Å². The number of hydrogen-bond donors (Lipinski definition) is 1. The van der Waals surface area contributed by atoms with E-state index in [2.05, 4.69) is 31.9 Å². The summed E-state index contributed by atoms with van der Waals surface area (Å²) in [6.45, 7) is 2.44. The average molecular weight is 419 g/mol. The molecule has 6 heteroatoms. The third-order valence-electron chi connectivity index (χ3n) is 3.91. The van der Waals surface area contributed by atoms with E-state index in [1.807, 2.05) is 13.0 Å². The molecule has 0 bridgehead atoms. The van der Waals surface area contributed by atoms with Crippen molar-refractivity contribution in [2.45, 2.75) is 38.1 Å². The third kappa shape index (κ3) is 3.16. The van der Waals surface area contributed by atoms with E-state index in [0.29, 0.717) is 24.9 Å². The Morgan fingerprint density at radius 1 is 1.29 bits per heavy atom. The number of aliphatic carboxylic acids is 1. The van der Waals surface area contributed by atoms with Crippen molar-refractivity contribution >= 4 is 43.7 Å². The molecule has 0 spiro atoms. The van der Waals surface area contributed by atoms with Crippen molar-refractivity contribution < 1.29 is 14.7 Å². The summed E-state index contributed by atoms with van der Waals surface area (Å²) >= 11 is 6.72. The van der Waals surface area contributed by atoms with Crippen LogP contribution in [0, 0.1) is 0 Å². The van der Waals surface area contributed by atoms with Crippen LogP contribution in [0.3, 0.4) is 0 Å². The van der Waals surface area contributed by atoms with E-state index in [1.165, 1.54) is 4.90 Å². The summed E-state index contributed by atoms with van der Waals surface area (Å²) in [4.78, 5) is 26.1. The molecule has 114 valence electrons. The number of likely N-dealkylation sites (tertiary alicyclic amines) is 1. The van der Waals surface area contributed by atoms with Crippen molar-refractivity contribution in [3.8, 4) is 0 Å². The number of hydrogen-bond acceptors (Lipinski definition) is 2. The molecular formula is C15H17Br2NO3. The minimum Gasteiger partial charge on any atom is -0.479 e. The van der Waals surface area contributed by atoms with Crippen molar-refractivity contribution in [2.75, 3.05) is 6.54 Å². The summed E-state index contributed by atoms with van der Waals surface area (Å²) in [5.74, 6) is -1.12. The second kappa shape index (κ2) is 6.48. The average Bonchev–Trinajstić information content (AvgIpc) is 2.82. The summed E-state index contributed by atoms with van der Waals surface area (Å²) < 4.78 is 1.58. The van der Waals surface area contributed by atoms with Crippen LogP contribution in [0.15, 0.2) is 27.1 Å². The Hall–Kier alpha value is -0.880. The van der Waals surface area contributed by atoms with Crippen LogP contribution in [0.25, 0.3) is 0 Å². The monoisotopic (exact) mass is 417 g/mol. The van der Waals surface area contributed by atoms with Gasteiger partial charge in [-0.3, -0.25) is 4.79 Å². The van der Waals surface area contributed by atoms with Crippen LogP contribution in [0.2, 0.25) is 0 Å². The van der Waals surface area contributed by atoms with E-state index >= 15 is 0 Å². The summed E-state index contributed by atoms with van der Waals surface area (Å²) in [5.41, 5.74) is -0.555. The second-order valence-corrected chi connectivity index (χ2v) is 7.14. The predicted molar refractivity (Wildman–Crippen MR) is 87.4 cm³/mol. The highest BCUT2D eigenvalue weighted by Gasteiger charge is 2.49. The fraction of sp³-hybridized carbons (Fsp3) is 0.467. The minimum atomic E-state index is -1.05. The molecule has 0 aromatic heterocycles. The molecular weight excluding hydrogens is 402 g/mol. The number of carbonyl (C=O) groups is 2. The first kappa shape index (κ1) is 16.5. The Bertz CT molecular complexity index is 556. The molecule has 1 fully saturated rings. The first-order chi connectivity index (χ1) is 9.90. The van der Waals surface area contributed by atoms with E-state index in [0.717, 1.165) is 21.8 Å². The highest BCUT2D eigenvalue weighted by Crippen LogP contribution is 2.35. The number of nitrogens with zero attached hydrogens (tertiary/aromatic N) is 1. The predicted octanol–water partition coefficient (Wildman–Crippen LogP) is 4.07. The zero-order chi connectivity index (χ0) is 15.6. The molecule has 1 N–H and O–H groups in total. The van der Waals surface area contributed by atoms with Gasteiger partial charge in [-0.25, -0.2) is 4.79 Å². The lowest BCUT2D eigenvalue weighted by atomic mass is 9.90. The van der Waals surface area contributed by atoms with Gasteiger partial charge in [0.05, 0.1) is 0 Å². The van der Waals surface area contributed by atoms with E-state index in [-0.39, 0.29) is 5.91 Å². The van der Waals surface area contributed by atoms with Gasteiger partial charge in [-0.15, -0.1) is 0 Å². The van der Waals surface area contributed by atoms with E-state index in [1.54, 1.807) is 12.1 Å². The molecule has 1 atom stereocenters. The standard InChI is InChI=1S/C15H17Br2NO3/c1-2-4-15(14(20)21)5-3-6-18(15)13(19)10-7-11(16)9-12(17)8-10/h7-9H,2-6H2,1H3,(H,20,21). The summed E-state index contributed by atoms with van der Waals surface area (Å²) in [6, 6.07) is 5.30. The maximum absolute atomic E-state index is 12.8. The van der Waals surface area contributed by atoms with Crippen LogP contribution in [0.5, 0.6) is 0 Å². The molecule has 0 saturated carbocycles. The normalized spacial score (nSPS) is 21.6. The number of rotatable bonds is 4. The first-order valence-corrected chi connectivity index (χ1v) is 8.51. The zero-order valence-electron chi connectivity index (χ0n) is 11.7. The lowest BCUT2D eigenvalue weighted by Gasteiger charge is -2.34. The summed E-state index contributed by atoms with van der Waals surface area (Å²) in [6.07, 6.45) is 2.48. The summed E-state index contributed by atoms with van der Waals surface area (Å²) in [7, 11) is 0. The molecule has 1 unspecified atom stereocenters.